The van der Waals surface area contributed by atoms with Crippen LogP contribution in [0, 0.1) is 0 Å². The van der Waals surface area contributed by atoms with Crippen LogP contribution in [0.2, 0.25) is 0 Å². The minimum Gasteiger partial charge on any atom is -0.298 e. The standard InChI is InChI=1S/C21H23N3O/c1-3-23(4-2)16-17-10-8-14-20(22-17)19-13-9-15-24(21(19)25)18-11-6-5-7-12-18/h5-15H,3-4,16H2,1-2H3. The molecule has 0 saturated heterocycles. The van der Waals surface area contributed by atoms with Crippen LogP contribution in [-0.4, -0.2) is 27.5 Å². The highest BCUT2D eigenvalue weighted by atomic mass is 16.1. The maximum absolute atomic E-state index is 12.9. The maximum atomic E-state index is 12.9. The Labute approximate surface area is 148 Å². The number of aromatic nitrogens is 2. The van der Waals surface area contributed by atoms with E-state index in [2.05, 4.69) is 18.7 Å². The highest BCUT2D eigenvalue weighted by Gasteiger charge is 2.10. The summed E-state index contributed by atoms with van der Waals surface area (Å²) in [5.41, 5.74) is 3.12. The van der Waals surface area contributed by atoms with E-state index in [0.717, 1.165) is 36.7 Å². The normalized spacial score (nSPS) is 11.0. The van der Waals surface area contributed by atoms with Gasteiger partial charge in [0.2, 0.25) is 0 Å². The first-order chi connectivity index (χ1) is 12.2. The average Bonchev–Trinajstić information content (AvgIpc) is 2.67. The third-order valence-corrected chi connectivity index (χ3v) is 4.34. The lowest BCUT2D eigenvalue weighted by molar-refractivity contribution is 0.292. The first-order valence-corrected chi connectivity index (χ1v) is 8.68. The molecule has 0 amide bonds. The smallest absolute Gasteiger partial charge is 0.264 e. The summed E-state index contributed by atoms with van der Waals surface area (Å²) in [4.78, 5) is 20.0. The summed E-state index contributed by atoms with van der Waals surface area (Å²) in [7, 11) is 0. The summed E-state index contributed by atoms with van der Waals surface area (Å²) in [6.45, 7) is 7.04. The molecule has 4 nitrogen and oxygen atoms in total. The zero-order valence-corrected chi connectivity index (χ0v) is 14.7. The lowest BCUT2D eigenvalue weighted by Gasteiger charge is -2.17. The first kappa shape index (κ1) is 17.1. The minimum atomic E-state index is -0.0545. The summed E-state index contributed by atoms with van der Waals surface area (Å²) in [5.74, 6) is 0. The van der Waals surface area contributed by atoms with E-state index in [1.165, 1.54) is 0 Å². The number of nitrogens with zero attached hydrogens (tertiary/aromatic N) is 3. The van der Waals surface area contributed by atoms with Crippen LogP contribution in [-0.2, 0) is 6.54 Å². The van der Waals surface area contributed by atoms with Crippen molar-refractivity contribution in [1.82, 2.24) is 14.5 Å². The van der Waals surface area contributed by atoms with Crippen molar-refractivity contribution in [3.8, 4) is 16.9 Å². The predicted molar refractivity (Wildman–Crippen MR) is 102 cm³/mol. The highest BCUT2D eigenvalue weighted by molar-refractivity contribution is 5.58. The van der Waals surface area contributed by atoms with Gasteiger partial charge in [-0.2, -0.15) is 0 Å². The number of pyridine rings is 2. The van der Waals surface area contributed by atoms with Crippen molar-refractivity contribution < 1.29 is 0 Å². The quantitative estimate of drug-likeness (QED) is 0.690. The number of rotatable bonds is 6. The molecule has 0 N–H and O–H groups in total. The zero-order valence-electron chi connectivity index (χ0n) is 14.7. The lowest BCUT2D eigenvalue weighted by atomic mass is 10.1. The Bertz CT molecular complexity index is 883. The average molecular weight is 333 g/mol. The van der Waals surface area contributed by atoms with E-state index >= 15 is 0 Å². The van der Waals surface area contributed by atoms with E-state index in [1.54, 1.807) is 10.8 Å². The summed E-state index contributed by atoms with van der Waals surface area (Å²) in [5, 5.41) is 0. The number of benzene rings is 1. The van der Waals surface area contributed by atoms with Gasteiger partial charge in [0.1, 0.15) is 0 Å². The van der Waals surface area contributed by atoms with Crippen LogP contribution in [0.1, 0.15) is 19.5 Å². The van der Waals surface area contributed by atoms with Crippen molar-refractivity contribution in [3.05, 3.63) is 82.9 Å². The summed E-state index contributed by atoms with van der Waals surface area (Å²) < 4.78 is 1.66. The molecule has 128 valence electrons. The topological polar surface area (TPSA) is 38.1 Å². The molecule has 2 heterocycles. The molecule has 4 heteroatoms. The number of para-hydroxylation sites is 1. The van der Waals surface area contributed by atoms with Crippen LogP contribution in [0.25, 0.3) is 16.9 Å². The van der Waals surface area contributed by atoms with Crippen LogP contribution in [0.4, 0.5) is 0 Å². The fraction of sp³-hybridized carbons (Fsp3) is 0.238. The molecule has 1 aromatic carbocycles. The van der Waals surface area contributed by atoms with Crippen molar-refractivity contribution in [2.24, 2.45) is 0 Å². The van der Waals surface area contributed by atoms with Gasteiger partial charge < -0.3 is 0 Å². The molecule has 0 fully saturated rings. The van der Waals surface area contributed by atoms with Gasteiger partial charge in [-0.15, -0.1) is 0 Å². The molecule has 0 radical (unpaired) electrons. The predicted octanol–water partition coefficient (Wildman–Crippen LogP) is 3.74. The van der Waals surface area contributed by atoms with Crippen molar-refractivity contribution in [2.75, 3.05) is 13.1 Å². The zero-order chi connectivity index (χ0) is 17.6. The molecule has 0 aliphatic heterocycles. The molecule has 0 aliphatic rings. The molecule has 25 heavy (non-hydrogen) atoms. The highest BCUT2D eigenvalue weighted by Crippen LogP contribution is 2.15. The summed E-state index contributed by atoms with van der Waals surface area (Å²) in [6.07, 6.45) is 1.79. The molecule has 3 rings (SSSR count). The molecule has 0 aliphatic carbocycles. The van der Waals surface area contributed by atoms with Gasteiger partial charge in [0, 0.05) is 18.4 Å². The van der Waals surface area contributed by atoms with Crippen molar-refractivity contribution >= 4 is 0 Å². The Morgan fingerprint density at radius 3 is 2.40 bits per heavy atom. The molecule has 0 unspecified atom stereocenters. The number of hydrogen-bond acceptors (Lipinski definition) is 3. The van der Waals surface area contributed by atoms with Crippen LogP contribution in [0.3, 0.4) is 0 Å². The second-order valence-corrected chi connectivity index (χ2v) is 5.91. The molecule has 3 aromatic rings. The van der Waals surface area contributed by atoms with Gasteiger partial charge in [0.05, 0.1) is 17.0 Å². The Morgan fingerprint density at radius 1 is 0.920 bits per heavy atom. The van der Waals surface area contributed by atoms with Crippen LogP contribution in [0.15, 0.2) is 71.7 Å². The molecule has 0 saturated carbocycles. The van der Waals surface area contributed by atoms with Gasteiger partial charge in [-0.25, -0.2) is 0 Å². The van der Waals surface area contributed by atoms with E-state index in [-0.39, 0.29) is 5.56 Å². The Hall–Kier alpha value is -2.72. The lowest BCUT2D eigenvalue weighted by Crippen LogP contribution is -2.23. The van der Waals surface area contributed by atoms with E-state index in [9.17, 15) is 4.79 Å². The van der Waals surface area contributed by atoms with E-state index in [4.69, 9.17) is 4.98 Å². The van der Waals surface area contributed by atoms with Gasteiger partial charge in [0.25, 0.3) is 5.56 Å². The molecular weight excluding hydrogens is 310 g/mol. The molecular formula is C21H23N3O. The van der Waals surface area contributed by atoms with Crippen LogP contribution >= 0.6 is 0 Å². The van der Waals surface area contributed by atoms with Gasteiger partial charge in [-0.3, -0.25) is 19.2 Å². The third-order valence-electron chi connectivity index (χ3n) is 4.34. The van der Waals surface area contributed by atoms with Crippen LogP contribution in [0.5, 0.6) is 0 Å². The largest absolute Gasteiger partial charge is 0.298 e. The third kappa shape index (κ3) is 3.86. The van der Waals surface area contributed by atoms with Gasteiger partial charge in [0.15, 0.2) is 0 Å². The van der Waals surface area contributed by atoms with Gasteiger partial charge >= 0.3 is 0 Å². The second kappa shape index (κ2) is 7.90. The summed E-state index contributed by atoms with van der Waals surface area (Å²) >= 11 is 0. The van der Waals surface area contributed by atoms with E-state index in [0.29, 0.717) is 5.56 Å². The summed E-state index contributed by atoms with van der Waals surface area (Å²) in [6, 6.07) is 19.3. The molecule has 0 bridgehead atoms. The fourth-order valence-corrected chi connectivity index (χ4v) is 2.87. The van der Waals surface area contributed by atoms with E-state index in [1.807, 2.05) is 60.7 Å². The fourth-order valence-electron chi connectivity index (χ4n) is 2.87. The maximum Gasteiger partial charge on any atom is 0.264 e. The minimum absolute atomic E-state index is 0.0545. The van der Waals surface area contributed by atoms with Gasteiger partial charge in [-0.05, 0) is 49.5 Å². The van der Waals surface area contributed by atoms with Crippen molar-refractivity contribution in [1.29, 1.82) is 0 Å². The van der Waals surface area contributed by atoms with Crippen molar-refractivity contribution in [3.63, 3.8) is 0 Å². The van der Waals surface area contributed by atoms with Crippen molar-refractivity contribution in [2.45, 2.75) is 20.4 Å². The molecule has 2 aromatic heterocycles. The molecule has 0 spiro atoms. The molecule has 0 atom stereocenters. The van der Waals surface area contributed by atoms with E-state index < -0.39 is 0 Å². The van der Waals surface area contributed by atoms with Gasteiger partial charge in [-0.1, -0.05) is 38.1 Å². The Kier molecular flexibility index (Phi) is 5.41. The Balaban J connectivity index is 1.99. The SMILES string of the molecule is CCN(CC)Cc1cccc(-c2cccn(-c3ccccc3)c2=O)n1. The van der Waals surface area contributed by atoms with Crippen LogP contribution < -0.4 is 5.56 Å². The second-order valence-electron chi connectivity index (χ2n) is 5.91. The Morgan fingerprint density at radius 2 is 1.68 bits per heavy atom. The monoisotopic (exact) mass is 333 g/mol. The number of hydrogen-bond donors (Lipinski definition) is 0. The first-order valence-electron chi connectivity index (χ1n) is 8.68.